The van der Waals surface area contributed by atoms with Crippen LogP contribution in [0.4, 0.5) is 0 Å². The lowest BCUT2D eigenvalue weighted by Crippen LogP contribution is -2.39. The topological polar surface area (TPSA) is 33.7 Å². The summed E-state index contributed by atoms with van der Waals surface area (Å²) in [6.07, 6.45) is 1.36. The van der Waals surface area contributed by atoms with Crippen molar-refractivity contribution in [3.05, 3.63) is 0 Å². The molecule has 2 rings (SSSR count). The van der Waals surface area contributed by atoms with Gasteiger partial charge in [0.15, 0.2) is 0 Å². The third-order valence-corrected chi connectivity index (χ3v) is 2.83. The normalized spacial score (nSPS) is 32.6. The van der Waals surface area contributed by atoms with Crippen LogP contribution in [0, 0.1) is 0 Å². The second-order valence-electron chi connectivity index (χ2n) is 4.13. The third-order valence-electron chi connectivity index (χ3n) is 2.83. The maximum absolute atomic E-state index is 5.59. The molecular weight excluding hydrogens is 216 g/mol. The minimum absolute atomic E-state index is 0. The molecule has 2 aliphatic heterocycles. The van der Waals surface area contributed by atoms with Crippen molar-refractivity contribution in [2.45, 2.75) is 25.6 Å². The molecule has 1 N–H and O–H groups in total. The Morgan fingerprint density at radius 1 is 1.33 bits per heavy atom. The van der Waals surface area contributed by atoms with Crippen molar-refractivity contribution >= 4 is 12.4 Å². The first-order valence-corrected chi connectivity index (χ1v) is 5.52. The Balaban J connectivity index is 0.00000112. The fraction of sp³-hybridized carbons (Fsp3) is 1.00. The van der Waals surface area contributed by atoms with Gasteiger partial charge >= 0.3 is 0 Å². The summed E-state index contributed by atoms with van der Waals surface area (Å²) in [6, 6.07) is 0.518. The molecule has 0 aromatic heterocycles. The van der Waals surface area contributed by atoms with Gasteiger partial charge in [-0.05, 0) is 13.3 Å². The van der Waals surface area contributed by atoms with E-state index in [2.05, 4.69) is 17.1 Å². The van der Waals surface area contributed by atoms with E-state index in [0.29, 0.717) is 6.04 Å². The van der Waals surface area contributed by atoms with Gasteiger partial charge in [-0.25, -0.2) is 0 Å². The van der Waals surface area contributed by atoms with E-state index in [4.69, 9.17) is 9.47 Å². The Bertz CT molecular complexity index is 172. The largest absolute Gasteiger partial charge is 0.379 e. The first kappa shape index (κ1) is 13.2. The van der Waals surface area contributed by atoms with Crippen molar-refractivity contribution in [2.75, 3.05) is 39.5 Å². The average molecular weight is 237 g/mol. The van der Waals surface area contributed by atoms with Crippen molar-refractivity contribution in [3.8, 4) is 0 Å². The highest BCUT2D eigenvalue weighted by atomic mass is 35.5. The van der Waals surface area contributed by atoms with Gasteiger partial charge in [-0.3, -0.25) is 10.2 Å². The zero-order valence-electron chi connectivity index (χ0n) is 9.28. The van der Waals surface area contributed by atoms with Crippen molar-refractivity contribution in [3.63, 3.8) is 0 Å². The Morgan fingerprint density at radius 2 is 2.07 bits per heavy atom. The monoisotopic (exact) mass is 236 g/mol. The second kappa shape index (κ2) is 6.66. The van der Waals surface area contributed by atoms with Crippen LogP contribution in [0.15, 0.2) is 0 Å². The molecule has 90 valence electrons. The van der Waals surface area contributed by atoms with E-state index in [1.54, 1.807) is 0 Å². The molecule has 0 spiro atoms. The molecule has 2 atom stereocenters. The molecule has 2 fully saturated rings. The van der Waals surface area contributed by atoms with Gasteiger partial charge in [-0.2, -0.15) is 0 Å². The van der Waals surface area contributed by atoms with Crippen LogP contribution >= 0.6 is 12.4 Å². The van der Waals surface area contributed by atoms with E-state index in [9.17, 15) is 0 Å². The summed E-state index contributed by atoms with van der Waals surface area (Å²) < 4.78 is 10.9. The molecule has 0 aromatic rings. The van der Waals surface area contributed by atoms with E-state index in [-0.39, 0.29) is 18.6 Å². The average Bonchev–Trinajstić information content (AvgIpc) is 2.63. The predicted molar refractivity (Wildman–Crippen MR) is 61.5 cm³/mol. The quantitative estimate of drug-likeness (QED) is 0.772. The molecule has 2 aliphatic rings. The summed E-state index contributed by atoms with van der Waals surface area (Å²) in [6.45, 7) is 8.05. The molecule has 0 amide bonds. The molecule has 2 saturated heterocycles. The maximum Gasteiger partial charge on any atom is 0.109 e. The number of nitrogens with one attached hydrogen (secondary N) is 1. The number of halogens is 1. The summed E-state index contributed by atoms with van der Waals surface area (Å²) in [5.41, 5.74) is 0. The first-order chi connectivity index (χ1) is 6.84. The molecule has 0 radical (unpaired) electrons. The molecule has 0 aliphatic carbocycles. The first-order valence-electron chi connectivity index (χ1n) is 5.52. The molecule has 2 heterocycles. The van der Waals surface area contributed by atoms with Gasteiger partial charge in [0, 0.05) is 25.7 Å². The number of hydrogen-bond acceptors (Lipinski definition) is 4. The molecule has 0 aromatic carbocycles. The molecule has 5 heteroatoms. The lowest BCUT2D eigenvalue weighted by atomic mass is 10.3. The number of nitrogens with zero attached hydrogens (tertiary/aromatic N) is 1. The summed E-state index contributed by atoms with van der Waals surface area (Å²) >= 11 is 0. The van der Waals surface area contributed by atoms with Gasteiger partial charge in [0.1, 0.15) is 6.23 Å². The predicted octanol–water partition coefficient (Wildman–Crippen LogP) is 0.465. The minimum Gasteiger partial charge on any atom is -0.379 e. The number of hydrogen-bond donors (Lipinski definition) is 1. The smallest absolute Gasteiger partial charge is 0.109 e. The van der Waals surface area contributed by atoms with Crippen LogP contribution in [0.2, 0.25) is 0 Å². The van der Waals surface area contributed by atoms with Crippen molar-refractivity contribution in [2.24, 2.45) is 0 Å². The highest BCUT2D eigenvalue weighted by Crippen LogP contribution is 2.07. The van der Waals surface area contributed by atoms with Crippen molar-refractivity contribution < 1.29 is 9.47 Å². The Hall–Kier alpha value is 0.130. The van der Waals surface area contributed by atoms with Gasteiger partial charge in [0.25, 0.3) is 0 Å². The Kier molecular flexibility index (Phi) is 5.86. The highest BCUT2D eigenvalue weighted by molar-refractivity contribution is 5.85. The summed E-state index contributed by atoms with van der Waals surface area (Å²) in [4.78, 5) is 2.44. The summed E-state index contributed by atoms with van der Waals surface area (Å²) in [5, 5.41) is 3.41. The van der Waals surface area contributed by atoms with Crippen molar-refractivity contribution in [1.82, 2.24) is 10.2 Å². The van der Waals surface area contributed by atoms with E-state index < -0.39 is 0 Å². The third kappa shape index (κ3) is 4.25. The fourth-order valence-corrected chi connectivity index (χ4v) is 1.97. The number of rotatable bonds is 3. The zero-order valence-corrected chi connectivity index (χ0v) is 10.1. The van der Waals surface area contributed by atoms with E-state index in [1.165, 1.54) is 0 Å². The van der Waals surface area contributed by atoms with Gasteiger partial charge < -0.3 is 9.47 Å². The van der Waals surface area contributed by atoms with Gasteiger partial charge in [-0.1, -0.05) is 0 Å². The van der Waals surface area contributed by atoms with E-state index in [0.717, 1.165) is 45.9 Å². The number of ether oxygens (including phenoxy) is 2. The lowest BCUT2D eigenvalue weighted by Gasteiger charge is -2.27. The second-order valence-corrected chi connectivity index (χ2v) is 4.13. The number of morpholine rings is 1. The van der Waals surface area contributed by atoms with E-state index in [1.807, 2.05) is 0 Å². The summed E-state index contributed by atoms with van der Waals surface area (Å²) in [7, 11) is 0. The Labute approximate surface area is 97.7 Å². The molecular formula is C10H21ClN2O2. The SMILES string of the molecule is CC1COC(CCN2CCOCC2)N1.Cl. The van der Waals surface area contributed by atoms with Crippen LogP contribution in [-0.2, 0) is 9.47 Å². The minimum atomic E-state index is 0. The molecule has 0 bridgehead atoms. The lowest BCUT2D eigenvalue weighted by molar-refractivity contribution is 0.0245. The van der Waals surface area contributed by atoms with Crippen LogP contribution < -0.4 is 5.32 Å². The fourth-order valence-electron chi connectivity index (χ4n) is 1.97. The van der Waals surface area contributed by atoms with Gasteiger partial charge in [-0.15, -0.1) is 12.4 Å². The van der Waals surface area contributed by atoms with Crippen LogP contribution in [0.3, 0.4) is 0 Å². The molecule has 0 saturated carbocycles. The van der Waals surface area contributed by atoms with Crippen LogP contribution in [0.25, 0.3) is 0 Å². The standard InChI is InChI=1S/C10H20N2O2.ClH/c1-9-8-14-10(11-9)2-3-12-4-6-13-7-5-12;/h9-11H,2-8H2,1H3;1H. The Morgan fingerprint density at radius 3 is 2.67 bits per heavy atom. The van der Waals surface area contributed by atoms with E-state index >= 15 is 0 Å². The van der Waals surface area contributed by atoms with Gasteiger partial charge in [0.05, 0.1) is 19.8 Å². The summed E-state index contributed by atoms with van der Waals surface area (Å²) in [5.74, 6) is 0. The van der Waals surface area contributed by atoms with Crippen LogP contribution in [0.5, 0.6) is 0 Å². The van der Waals surface area contributed by atoms with Crippen LogP contribution in [0.1, 0.15) is 13.3 Å². The molecule has 2 unspecified atom stereocenters. The van der Waals surface area contributed by atoms with Crippen LogP contribution in [-0.4, -0.2) is 56.6 Å². The van der Waals surface area contributed by atoms with Crippen molar-refractivity contribution in [1.29, 1.82) is 0 Å². The zero-order chi connectivity index (χ0) is 9.80. The highest BCUT2D eigenvalue weighted by Gasteiger charge is 2.21. The molecule has 15 heavy (non-hydrogen) atoms. The van der Waals surface area contributed by atoms with Gasteiger partial charge in [0.2, 0.25) is 0 Å². The molecule has 4 nitrogen and oxygen atoms in total. The maximum atomic E-state index is 5.59.